The summed E-state index contributed by atoms with van der Waals surface area (Å²) in [6.45, 7) is 0.962. The number of carbonyl (C=O) groups is 4. The van der Waals surface area contributed by atoms with Gasteiger partial charge in [-0.3, -0.25) is 19.2 Å². The van der Waals surface area contributed by atoms with Gasteiger partial charge in [-0.25, -0.2) is 0 Å². The molecule has 8 heteroatoms. The Labute approximate surface area is 105 Å². The summed E-state index contributed by atoms with van der Waals surface area (Å²) < 4.78 is 0. The highest BCUT2D eigenvalue weighted by Gasteiger charge is 2.07. The number of amides is 3. The summed E-state index contributed by atoms with van der Waals surface area (Å²) in [5, 5.41) is 6.89. The zero-order valence-electron chi connectivity index (χ0n) is 10.2. The van der Waals surface area contributed by atoms with Crippen molar-refractivity contribution in [2.24, 2.45) is 5.73 Å². The first kappa shape index (κ1) is 16.0. The van der Waals surface area contributed by atoms with Gasteiger partial charge >= 0.3 is 0 Å². The van der Waals surface area contributed by atoms with Gasteiger partial charge in [0.1, 0.15) is 0 Å². The predicted molar refractivity (Wildman–Crippen MR) is 63.4 cm³/mol. The molecule has 0 rings (SSSR count). The van der Waals surface area contributed by atoms with E-state index < -0.39 is 17.7 Å². The normalized spacial score (nSPS) is 9.44. The molecule has 5 N–H and O–H groups in total. The van der Waals surface area contributed by atoms with E-state index in [9.17, 15) is 19.2 Å². The lowest BCUT2D eigenvalue weighted by molar-refractivity contribution is -0.128. The number of rotatable bonds is 8. The fraction of sp³-hybridized carbons (Fsp3) is 0.600. The molecule has 0 aromatic carbocycles. The summed E-state index contributed by atoms with van der Waals surface area (Å²) in [6, 6.07) is 0. The van der Waals surface area contributed by atoms with Crippen LogP contribution >= 0.6 is 0 Å². The lowest BCUT2D eigenvalue weighted by Gasteiger charge is -2.06. The van der Waals surface area contributed by atoms with E-state index in [0.29, 0.717) is 6.42 Å². The standard InChI is InChI=1S/C10H18N4O4/c1-2-7(15)4-12-9(17)6-14-10(18)5-13-8(16)3-11/h2-6,11H2,1H3,(H,12,17)(H,13,16)(H,14,18). The van der Waals surface area contributed by atoms with Crippen molar-refractivity contribution in [1.29, 1.82) is 0 Å². The number of Topliss-reactive ketones (excluding diaryl/α,β-unsaturated/α-hetero) is 1. The first-order chi connectivity index (χ1) is 8.49. The number of nitrogens with one attached hydrogen (secondary N) is 3. The molecular formula is C10H18N4O4. The molecule has 0 aliphatic rings. The summed E-state index contributed by atoms with van der Waals surface area (Å²) in [7, 11) is 0. The van der Waals surface area contributed by atoms with E-state index in [2.05, 4.69) is 16.0 Å². The second-order valence-electron chi connectivity index (χ2n) is 3.43. The third-order valence-electron chi connectivity index (χ3n) is 1.95. The molecule has 0 bridgehead atoms. The van der Waals surface area contributed by atoms with Gasteiger partial charge in [0.15, 0.2) is 5.78 Å². The van der Waals surface area contributed by atoms with Gasteiger partial charge in [-0.1, -0.05) is 6.92 Å². The summed E-state index contributed by atoms with van der Waals surface area (Å²) >= 11 is 0. The minimum absolute atomic E-state index is 0.0465. The lowest BCUT2D eigenvalue weighted by atomic mass is 10.3. The third kappa shape index (κ3) is 8.22. The smallest absolute Gasteiger partial charge is 0.239 e. The van der Waals surface area contributed by atoms with E-state index >= 15 is 0 Å². The molecule has 0 atom stereocenters. The number of ketones is 1. The van der Waals surface area contributed by atoms with Crippen LogP contribution in [0.1, 0.15) is 13.3 Å². The number of carbonyl (C=O) groups excluding carboxylic acids is 4. The van der Waals surface area contributed by atoms with Crippen molar-refractivity contribution in [3.8, 4) is 0 Å². The van der Waals surface area contributed by atoms with E-state index in [-0.39, 0.29) is 32.0 Å². The highest BCUT2D eigenvalue weighted by molar-refractivity contribution is 5.90. The van der Waals surface area contributed by atoms with Crippen LogP contribution in [0.5, 0.6) is 0 Å². The molecule has 0 unspecified atom stereocenters. The zero-order valence-corrected chi connectivity index (χ0v) is 10.2. The Balaban J connectivity index is 3.68. The maximum atomic E-state index is 11.2. The molecule has 0 aromatic heterocycles. The van der Waals surface area contributed by atoms with E-state index in [4.69, 9.17) is 5.73 Å². The molecule has 0 heterocycles. The summed E-state index contributed by atoms with van der Waals surface area (Å²) in [5.41, 5.74) is 5.02. The maximum Gasteiger partial charge on any atom is 0.239 e. The number of hydrogen-bond donors (Lipinski definition) is 4. The quantitative estimate of drug-likeness (QED) is 0.375. The SMILES string of the molecule is CCC(=O)CNC(=O)CNC(=O)CNC(=O)CN. The zero-order chi connectivity index (χ0) is 14.0. The molecule has 0 saturated carbocycles. The maximum absolute atomic E-state index is 11.2. The summed E-state index contributed by atoms with van der Waals surface area (Å²) in [5.74, 6) is -1.52. The van der Waals surface area contributed by atoms with Crippen LogP contribution in [-0.2, 0) is 19.2 Å². The van der Waals surface area contributed by atoms with Crippen LogP contribution in [0.4, 0.5) is 0 Å². The molecule has 102 valence electrons. The Morgan fingerprint density at radius 2 is 1.28 bits per heavy atom. The van der Waals surface area contributed by atoms with Gasteiger partial charge in [0.2, 0.25) is 17.7 Å². The number of hydrogen-bond acceptors (Lipinski definition) is 5. The van der Waals surface area contributed by atoms with E-state index in [1.54, 1.807) is 6.92 Å². The average Bonchev–Trinajstić information content (AvgIpc) is 2.39. The van der Waals surface area contributed by atoms with Crippen molar-refractivity contribution in [3.63, 3.8) is 0 Å². The Kier molecular flexibility index (Phi) is 8.12. The fourth-order valence-electron chi connectivity index (χ4n) is 0.877. The van der Waals surface area contributed by atoms with Crippen LogP contribution in [0.3, 0.4) is 0 Å². The molecule has 0 radical (unpaired) electrons. The fourth-order valence-corrected chi connectivity index (χ4v) is 0.877. The molecule has 0 spiro atoms. The average molecular weight is 258 g/mol. The highest BCUT2D eigenvalue weighted by Crippen LogP contribution is 1.77. The van der Waals surface area contributed by atoms with Crippen LogP contribution in [0.25, 0.3) is 0 Å². The van der Waals surface area contributed by atoms with Crippen LogP contribution in [0.2, 0.25) is 0 Å². The first-order valence-corrected chi connectivity index (χ1v) is 5.51. The molecule has 18 heavy (non-hydrogen) atoms. The second kappa shape index (κ2) is 9.11. The van der Waals surface area contributed by atoms with Gasteiger partial charge < -0.3 is 21.7 Å². The minimum Gasteiger partial charge on any atom is -0.347 e. The molecule has 0 aliphatic carbocycles. The summed E-state index contributed by atoms with van der Waals surface area (Å²) in [6.07, 6.45) is 0.345. The predicted octanol–water partition coefficient (Wildman–Crippen LogP) is -2.73. The molecule has 0 saturated heterocycles. The minimum atomic E-state index is -0.506. The van der Waals surface area contributed by atoms with Crippen molar-refractivity contribution in [2.75, 3.05) is 26.2 Å². The van der Waals surface area contributed by atoms with Crippen LogP contribution in [0, 0.1) is 0 Å². The van der Waals surface area contributed by atoms with Gasteiger partial charge in [0, 0.05) is 6.42 Å². The second-order valence-corrected chi connectivity index (χ2v) is 3.43. The Bertz CT molecular complexity index is 298. The Morgan fingerprint density at radius 3 is 1.72 bits per heavy atom. The molecular weight excluding hydrogens is 240 g/mol. The van der Waals surface area contributed by atoms with Gasteiger partial charge in [-0.2, -0.15) is 0 Å². The van der Waals surface area contributed by atoms with Crippen molar-refractivity contribution in [2.45, 2.75) is 13.3 Å². The van der Waals surface area contributed by atoms with Crippen molar-refractivity contribution in [1.82, 2.24) is 16.0 Å². The van der Waals surface area contributed by atoms with Crippen LogP contribution < -0.4 is 21.7 Å². The topological polar surface area (TPSA) is 130 Å². The first-order valence-electron chi connectivity index (χ1n) is 5.51. The van der Waals surface area contributed by atoms with Gasteiger partial charge in [-0.15, -0.1) is 0 Å². The molecule has 0 fully saturated rings. The van der Waals surface area contributed by atoms with Crippen molar-refractivity contribution in [3.05, 3.63) is 0 Å². The molecule has 0 aliphatic heterocycles. The Morgan fingerprint density at radius 1 is 0.833 bits per heavy atom. The molecule has 8 nitrogen and oxygen atoms in total. The number of nitrogens with two attached hydrogens (primary N) is 1. The van der Waals surface area contributed by atoms with Gasteiger partial charge in [0.05, 0.1) is 26.2 Å². The van der Waals surface area contributed by atoms with Crippen molar-refractivity contribution >= 4 is 23.5 Å². The van der Waals surface area contributed by atoms with E-state index in [0.717, 1.165) is 0 Å². The van der Waals surface area contributed by atoms with Gasteiger partial charge in [-0.05, 0) is 0 Å². The Hall–Kier alpha value is -1.96. The summed E-state index contributed by atoms with van der Waals surface area (Å²) in [4.78, 5) is 44.0. The largest absolute Gasteiger partial charge is 0.347 e. The van der Waals surface area contributed by atoms with Crippen LogP contribution in [0.15, 0.2) is 0 Å². The van der Waals surface area contributed by atoms with E-state index in [1.807, 2.05) is 0 Å². The van der Waals surface area contributed by atoms with Crippen LogP contribution in [-0.4, -0.2) is 49.7 Å². The molecule has 0 aromatic rings. The third-order valence-corrected chi connectivity index (χ3v) is 1.95. The van der Waals surface area contributed by atoms with Crippen molar-refractivity contribution < 1.29 is 19.2 Å². The van der Waals surface area contributed by atoms with Gasteiger partial charge in [0.25, 0.3) is 0 Å². The van der Waals surface area contributed by atoms with E-state index in [1.165, 1.54) is 0 Å². The monoisotopic (exact) mass is 258 g/mol. The lowest BCUT2D eigenvalue weighted by Crippen LogP contribution is -2.43. The molecule has 3 amide bonds. The highest BCUT2D eigenvalue weighted by atomic mass is 16.2.